The first-order valence-electron chi connectivity index (χ1n) is 19.6. The molecule has 0 unspecified atom stereocenters. The van der Waals surface area contributed by atoms with Crippen LogP contribution in [-0.4, -0.2) is 63.4 Å². The van der Waals surface area contributed by atoms with Crippen molar-refractivity contribution >= 4 is 39.0 Å². The van der Waals surface area contributed by atoms with Crippen LogP contribution >= 0.6 is 0 Å². The first kappa shape index (κ1) is 40.3. The third-order valence-corrected chi connectivity index (χ3v) is 16.0. The highest BCUT2D eigenvalue weighted by atomic mass is 28.4. The van der Waals surface area contributed by atoms with Crippen molar-refractivity contribution in [3.63, 3.8) is 0 Å². The van der Waals surface area contributed by atoms with Crippen molar-refractivity contribution in [3.8, 4) is 0 Å². The molecular weight excluding hydrogens is 687 g/mol. The molecule has 0 amide bonds. The molecule has 50 heavy (non-hydrogen) atoms. The Morgan fingerprint density at radius 2 is 1.44 bits per heavy atom. The summed E-state index contributed by atoms with van der Waals surface area (Å²) in [6.07, 6.45) is 10.9. The quantitative estimate of drug-likeness (QED) is 0.0868. The van der Waals surface area contributed by atoms with E-state index in [9.17, 15) is 0 Å². The lowest BCUT2D eigenvalue weighted by molar-refractivity contribution is -0.103. The van der Waals surface area contributed by atoms with Crippen LogP contribution in [0.3, 0.4) is 0 Å². The van der Waals surface area contributed by atoms with E-state index >= 15 is 0 Å². The van der Waals surface area contributed by atoms with Crippen molar-refractivity contribution in [2.45, 2.75) is 162 Å². The molecule has 1 aromatic rings. The third-order valence-electron chi connectivity index (χ3n) is 12.0. The SMILES string of the molecule is C[C@]12CC[C@H](O[Si](C)(C)C)CC1=CC[C@@H]1[C@@H]2CC[C@@]2(C)[C@H]1C[C@@H](O[Si](C)(C)C)[C@]2(O[Si](C)(C)C)/C(CO[Si](C)(C)C)=N/OCc1ccccc1. The molecule has 10 heteroatoms. The lowest BCUT2D eigenvalue weighted by Crippen LogP contribution is -2.66. The van der Waals surface area contributed by atoms with Gasteiger partial charge in [-0.2, -0.15) is 0 Å². The first-order chi connectivity index (χ1) is 23.0. The summed E-state index contributed by atoms with van der Waals surface area (Å²) < 4.78 is 28.6. The summed E-state index contributed by atoms with van der Waals surface area (Å²) in [5.41, 5.74) is 3.03. The Morgan fingerprint density at radius 1 is 0.780 bits per heavy atom. The number of oxime groups is 1. The molecule has 1 aromatic carbocycles. The van der Waals surface area contributed by atoms with Crippen LogP contribution in [0.15, 0.2) is 47.1 Å². The third kappa shape index (κ3) is 8.74. The van der Waals surface area contributed by atoms with E-state index < -0.39 is 38.9 Å². The van der Waals surface area contributed by atoms with E-state index in [1.807, 2.05) is 6.07 Å². The molecule has 0 aromatic heterocycles. The van der Waals surface area contributed by atoms with Gasteiger partial charge in [-0.1, -0.05) is 61.0 Å². The lowest BCUT2D eigenvalue weighted by Gasteiger charge is -2.60. The van der Waals surface area contributed by atoms with Gasteiger partial charge >= 0.3 is 0 Å². The molecule has 0 spiro atoms. The fourth-order valence-corrected chi connectivity index (χ4v) is 14.6. The van der Waals surface area contributed by atoms with Gasteiger partial charge in [-0.3, -0.25) is 0 Å². The minimum absolute atomic E-state index is 0.0991. The number of fused-ring (bicyclic) bond motifs is 5. The standard InChI is InChI=1S/C40H71NO5Si4/c1-38-24-22-32(44-48(6,7)8)26-31(38)20-21-33-34(38)23-25-39(2)35(33)27-37(45-49(9,10)11)40(39,46-50(12,13)14)36(29-43-47(3,4)5)41-42-28-30-18-16-15-17-19-30/h15-20,32-35,37H,21-29H2,1-14H3/b41-36+/t32-,33+,34-,35-,37+,38-,39-,40+/m0/s1. The monoisotopic (exact) mass is 757 g/mol. The van der Waals surface area contributed by atoms with Crippen LogP contribution in [0.1, 0.15) is 64.4 Å². The largest absolute Gasteiger partial charge is 0.414 e. The molecule has 4 aliphatic rings. The first-order valence-corrected chi connectivity index (χ1v) is 33.2. The zero-order valence-electron chi connectivity index (χ0n) is 34.2. The van der Waals surface area contributed by atoms with Gasteiger partial charge in [-0.05, 0) is 152 Å². The molecule has 3 saturated carbocycles. The van der Waals surface area contributed by atoms with E-state index in [2.05, 4.69) is 123 Å². The van der Waals surface area contributed by atoms with Crippen LogP contribution < -0.4 is 0 Å². The second-order valence-corrected chi connectivity index (χ2v) is 38.3. The summed E-state index contributed by atoms with van der Waals surface area (Å²) in [6, 6.07) is 10.4. The molecule has 6 nitrogen and oxygen atoms in total. The molecule has 3 fully saturated rings. The highest BCUT2D eigenvalue weighted by Gasteiger charge is 2.71. The Kier molecular flexibility index (Phi) is 11.6. The van der Waals surface area contributed by atoms with Gasteiger partial charge in [0.1, 0.15) is 17.9 Å². The smallest absolute Gasteiger partial charge is 0.185 e. The summed E-state index contributed by atoms with van der Waals surface area (Å²) >= 11 is 0. The average molecular weight is 758 g/mol. The van der Waals surface area contributed by atoms with Crippen molar-refractivity contribution in [1.82, 2.24) is 0 Å². The van der Waals surface area contributed by atoms with Gasteiger partial charge in [-0.15, -0.1) is 0 Å². The van der Waals surface area contributed by atoms with Gasteiger partial charge in [0.15, 0.2) is 33.3 Å². The summed E-state index contributed by atoms with van der Waals surface area (Å²) in [5, 5.41) is 5.12. The Hall–Kier alpha value is -0.862. The summed E-state index contributed by atoms with van der Waals surface area (Å²) in [4.78, 5) is 6.34. The molecule has 0 bridgehead atoms. The number of hydrogen-bond acceptors (Lipinski definition) is 6. The molecule has 5 rings (SSSR count). The number of nitrogens with zero attached hydrogens (tertiary/aromatic N) is 1. The lowest BCUT2D eigenvalue weighted by atomic mass is 9.46. The normalized spacial score (nSPS) is 35.2. The minimum atomic E-state index is -2.16. The molecular formula is C40H71NO5Si4. The Morgan fingerprint density at radius 3 is 2.04 bits per heavy atom. The average Bonchev–Trinajstić information content (AvgIpc) is 3.20. The van der Waals surface area contributed by atoms with Crippen LogP contribution in [0.4, 0.5) is 0 Å². The van der Waals surface area contributed by atoms with Crippen molar-refractivity contribution < 1.29 is 22.5 Å². The molecule has 4 aliphatic carbocycles. The maximum Gasteiger partial charge on any atom is 0.185 e. The van der Waals surface area contributed by atoms with Crippen molar-refractivity contribution in [1.29, 1.82) is 0 Å². The highest BCUT2D eigenvalue weighted by molar-refractivity contribution is 6.71. The van der Waals surface area contributed by atoms with Crippen LogP contribution in [-0.2, 0) is 29.1 Å². The van der Waals surface area contributed by atoms with Gasteiger partial charge in [0.05, 0.1) is 12.7 Å². The molecule has 282 valence electrons. The summed E-state index contributed by atoms with van der Waals surface area (Å²) in [5.74, 6) is 1.70. The van der Waals surface area contributed by atoms with Gasteiger partial charge < -0.3 is 22.5 Å². The number of benzene rings is 1. The maximum absolute atomic E-state index is 7.75. The van der Waals surface area contributed by atoms with Gasteiger partial charge in [0.25, 0.3) is 0 Å². The molecule has 0 N–H and O–H groups in total. The van der Waals surface area contributed by atoms with Crippen molar-refractivity contribution in [2.75, 3.05) is 6.61 Å². The Bertz CT molecular complexity index is 1390. The minimum Gasteiger partial charge on any atom is -0.414 e. The summed E-state index contributed by atoms with van der Waals surface area (Å²) in [6.45, 7) is 33.8. The highest BCUT2D eigenvalue weighted by Crippen LogP contribution is 2.69. The maximum atomic E-state index is 7.75. The van der Waals surface area contributed by atoms with Crippen LogP contribution in [0, 0.1) is 28.6 Å². The van der Waals surface area contributed by atoms with Crippen LogP contribution in [0.25, 0.3) is 0 Å². The van der Waals surface area contributed by atoms with E-state index in [4.69, 9.17) is 27.7 Å². The second-order valence-electron chi connectivity index (χ2n) is 20.4. The number of allylic oxidation sites excluding steroid dienone is 1. The fraction of sp³-hybridized carbons (Fsp3) is 0.775. The summed E-state index contributed by atoms with van der Waals surface area (Å²) in [7, 11) is -7.66. The fourth-order valence-electron chi connectivity index (χ4n) is 10.3. The zero-order valence-corrected chi connectivity index (χ0v) is 38.2. The molecule has 0 saturated heterocycles. The molecule has 8 atom stereocenters. The van der Waals surface area contributed by atoms with E-state index in [0.29, 0.717) is 37.1 Å². The van der Waals surface area contributed by atoms with Crippen LogP contribution in [0.5, 0.6) is 0 Å². The van der Waals surface area contributed by atoms with Gasteiger partial charge in [0.2, 0.25) is 0 Å². The van der Waals surface area contributed by atoms with Crippen LogP contribution in [0.2, 0.25) is 78.6 Å². The Labute approximate surface area is 310 Å². The van der Waals surface area contributed by atoms with Gasteiger partial charge in [-0.25, -0.2) is 0 Å². The molecule has 0 aliphatic heterocycles. The van der Waals surface area contributed by atoms with E-state index in [1.165, 1.54) is 19.3 Å². The predicted octanol–water partition coefficient (Wildman–Crippen LogP) is 11.0. The van der Waals surface area contributed by atoms with E-state index in [1.54, 1.807) is 5.57 Å². The van der Waals surface area contributed by atoms with Crippen molar-refractivity contribution in [2.24, 2.45) is 33.7 Å². The Balaban J connectivity index is 1.60. The molecule has 0 radical (unpaired) electrons. The topological polar surface area (TPSA) is 58.5 Å². The van der Waals surface area contributed by atoms with Gasteiger partial charge in [0, 0.05) is 11.5 Å². The zero-order chi connectivity index (χ0) is 37.0. The van der Waals surface area contributed by atoms with E-state index in [0.717, 1.165) is 37.0 Å². The predicted molar refractivity (Wildman–Crippen MR) is 219 cm³/mol. The second kappa shape index (κ2) is 14.4. The molecule has 0 heterocycles. The number of hydrogen-bond donors (Lipinski definition) is 0. The van der Waals surface area contributed by atoms with Crippen molar-refractivity contribution in [3.05, 3.63) is 47.5 Å². The number of rotatable bonds is 13. The van der Waals surface area contributed by atoms with E-state index in [-0.39, 0.29) is 16.9 Å².